The minimum atomic E-state index is 0.323. The number of thioether (sulfide) groups is 1. The van der Waals surface area contributed by atoms with Crippen LogP contribution in [0, 0.1) is 6.07 Å². The molecule has 0 saturated carbocycles. The highest BCUT2D eigenvalue weighted by molar-refractivity contribution is 8.00. The second-order valence-electron chi connectivity index (χ2n) is 4.19. The van der Waals surface area contributed by atoms with Crippen molar-refractivity contribution in [2.45, 2.75) is 37.7 Å². The van der Waals surface area contributed by atoms with Crippen LogP contribution in [0.25, 0.3) is 0 Å². The lowest BCUT2D eigenvalue weighted by molar-refractivity contribution is 0.794. The van der Waals surface area contributed by atoms with E-state index >= 15 is 0 Å². The molecule has 0 aliphatic heterocycles. The molecule has 1 heteroatoms. The first-order chi connectivity index (χ1) is 5.99. The van der Waals surface area contributed by atoms with Crippen molar-refractivity contribution in [3.63, 3.8) is 0 Å². The molecule has 1 rings (SSSR count). The number of benzene rings is 1. The summed E-state index contributed by atoms with van der Waals surface area (Å²) < 4.78 is 0.323. The van der Waals surface area contributed by atoms with Crippen molar-refractivity contribution in [2.24, 2.45) is 0 Å². The normalized spacial score (nSPS) is 14.2. The first-order valence-corrected chi connectivity index (χ1v) is 5.51. The third-order valence-electron chi connectivity index (χ3n) is 1.70. The third kappa shape index (κ3) is 3.86. The Morgan fingerprint density at radius 3 is 2.46 bits per heavy atom. The summed E-state index contributed by atoms with van der Waals surface area (Å²) in [4.78, 5) is 0. The van der Waals surface area contributed by atoms with E-state index in [9.17, 15) is 0 Å². The molecule has 0 N–H and O–H groups in total. The van der Waals surface area contributed by atoms with Gasteiger partial charge in [-0.3, -0.25) is 0 Å². The second-order valence-corrected chi connectivity index (χ2v) is 6.36. The molecule has 0 spiro atoms. The zero-order chi connectivity index (χ0) is 9.90. The molecule has 0 nitrogen and oxygen atoms in total. The van der Waals surface area contributed by atoms with E-state index in [4.69, 9.17) is 0 Å². The van der Waals surface area contributed by atoms with E-state index in [1.165, 1.54) is 5.56 Å². The predicted molar refractivity (Wildman–Crippen MR) is 61.0 cm³/mol. The monoisotopic (exact) mass is 193 g/mol. The molecule has 13 heavy (non-hydrogen) atoms. The van der Waals surface area contributed by atoms with Gasteiger partial charge in [0, 0.05) is 10.00 Å². The van der Waals surface area contributed by atoms with Gasteiger partial charge >= 0.3 is 0 Å². The molecule has 0 aromatic heterocycles. The van der Waals surface area contributed by atoms with Crippen LogP contribution >= 0.6 is 11.8 Å². The topological polar surface area (TPSA) is 0 Å². The van der Waals surface area contributed by atoms with Crippen LogP contribution in [0.3, 0.4) is 0 Å². The fourth-order valence-corrected chi connectivity index (χ4v) is 2.59. The van der Waals surface area contributed by atoms with Gasteiger partial charge in [-0.2, -0.15) is 42.1 Å². The molecule has 1 atom stereocenters. The van der Waals surface area contributed by atoms with E-state index in [0.29, 0.717) is 10.00 Å². The fourth-order valence-electron chi connectivity index (χ4n) is 1.25. The highest BCUT2D eigenvalue weighted by Crippen LogP contribution is 2.37. The molecule has 0 heterocycles. The molecule has 1 unspecified atom stereocenters. The average molecular weight is 193 g/mol. The van der Waals surface area contributed by atoms with E-state index < -0.39 is 0 Å². The van der Waals surface area contributed by atoms with Crippen LogP contribution in [0.15, 0.2) is 24.3 Å². The molecule has 0 radical (unpaired) electrons. The van der Waals surface area contributed by atoms with Gasteiger partial charge in [0.25, 0.3) is 0 Å². The Hall–Kier alpha value is -0.430. The Morgan fingerprint density at radius 2 is 2.00 bits per heavy atom. The highest BCUT2D eigenvalue weighted by Gasteiger charge is 2.14. The van der Waals surface area contributed by atoms with E-state index in [1.807, 2.05) is 23.9 Å². The number of rotatable bonds is 2. The Labute approximate surface area is 85.7 Å². The average Bonchev–Trinajstić information content (AvgIpc) is 2.03. The molecule has 1 aromatic carbocycles. The maximum atomic E-state index is 3.27. The van der Waals surface area contributed by atoms with Crippen molar-refractivity contribution in [2.75, 3.05) is 0 Å². The zero-order valence-electron chi connectivity index (χ0n) is 8.79. The third-order valence-corrected chi connectivity index (χ3v) is 3.02. The van der Waals surface area contributed by atoms with E-state index in [-0.39, 0.29) is 0 Å². The lowest BCUT2D eigenvalue weighted by Gasteiger charge is -2.25. The predicted octanol–water partition coefficient (Wildman–Crippen LogP) is 4.08. The van der Waals surface area contributed by atoms with E-state index in [2.05, 4.69) is 45.9 Å². The van der Waals surface area contributed by atoms with Crippen molar-refractivity contribution in [3.05, 3.63) is 35.9 Å². The summed E-state index contributed by atoms with van der Waals surface area (Å²) in [5.74, 6) is 0. The summed E-state index contributed by atoms with van der Waals surface area (Å²) in [7, 11) is 0. The van der Waals surface area contributed by atoms with Crippen LogP contribution in [0.2, 0.25) is 0 Å². The summed E-state index contributed by atoms with van der Waals surface area (Å²) in [6.45, 7) is 8.98. The van der Waals surface area contributed by atoms with Gasteiger partial charge in [0.2, 0.25) is 0 Å². The van der Waals surface area contributed by atoms with Crippen molar-refractivity contribution in [3.8, 4) is 0 Å². The number of hydrogen-bond donors (Lipinski definition) is 0. The molecule has 0 aliphatic carbocycles. The molecule has 1 aromatic rings. The van der Waals surface area contributed by atoms with Crippen LogP contribution in [-0.4, -0.2) is 4.75 Å². The summed E-state index contributed by atoms with van der Waals surface area (Å²) in [5, 5.41) is 0.529. The van der Waals surface area contributed by atoms with Crippen LogP contribution in [0.4, 0.5) is 0 Å². The van der Waals surface area contributed by atoms with Crippen LogP contribution in [0.1, 0.15) is 38.5 Å². The lowest BCUT2D eigenvalue weighted by atomic mass is 10.2. The standard InChI is InChI=1S/C12H17S/c1-10(13-12(2,3)4)11-8-6-5-7-9-11/h5-8,10H,1-4H3/q-1. The maximum absolute atomic E-state index is 3.27. The van der Waals surface area contributed by atoms with E-state index in [0.717, 1.165) is 0 Å². The zero-order valence-corrected chi connectivity index (χ0v) is 9.61. The van der Waals surface area contributed by atoms with Crippen molar-refractivity contribution < 1.29 is 0 Å². The first-order valence-electron chi connectivity index (χ1n) is 4.63. The second kappa shape index (κ2) is 4.19. The minimum absolute atomic E-state index is 0.323. The van der Waals surface area contributed by atoms with Gasteiger partial charge in [0.05, 0.1) is 0 Å². The van der Waals surface area contributed by atoms with Crippen molar-refractivity contribution >= 4 is 11.8 Å². The van der Waals surface area contributed by atoms with Crippen molar-refractivity contribution in [1.82, 2.24) is 0 Å². The van der Waals surface area contributed by atoms with Gasteiger partial charge in [-0.05, 0) is 0 Å². The molecule has 0 amide bonds. The highest BCUT2D eigenvalue weighted by atomic mass is 32.2. The molecular weight excluding hydrogens is 176 g/mol. The molecule has 72 valence electrons. The first kappa shape index (κ1) is 10.6. The van der Waals surface area contributed by atoms with Gasteiger partial charge < -0.3 is 0 Å². The van der Waals surface area contributed by atoms with Gasteiger partial charge in [0.1, 0.15) is 0 Å². The molecule has 0 aliphatic rings. The fraction of sp³-hybridized carbons (Fsp3) is 0.500. The van der Waals surface area contributed by atoms with Gasteiger partial charge in [-0.15, -0.1) is 5.56 Å². The summed E-state index contributed by atoms with van der Waals surface area (Å²) in [6.07, 6.45) is 0. The quantitative estimate of drug-likeness (QED) is 0.638. The Balaban J connectivity index is 2.64. The Bertz CT molecular complexity index is 246. The number of hydrogen-bond acceptors (Lipinski definition) is 1. The summed E-state index contributed by atoms with van der Waals surface area (Å²) in [5.41, 5.74) is 1.29. The molecule has 0 saturated heterocycles. The van der Waals surface area contributed by atoms with Gasteiger partial charge in [-0.1, -0.05) is 27.7 Å². The van der Waals surface area contributed by atoms with E-state index in [1.54, 1.807) is 0 Å². The Morgan fingerprint density at radius 1 is 1.31 bits per heavy atom. The van der Waals surface area contributed by atoms with Crippen molar-refractivity contribution in [1.29, 1.82) is 0 Å². The van der Waals surface area contributed by atoms with Crippen LogP contribution < -0.4 is 0 Å². The minimum Gasteiger partial charge on any atom is -0.179 e. The van der Waals surface area contributed by atoms with Crippen LogP contribution in [-0.2, 0) is 0 Å². The SMILES string of the molecule is CC(SC(C)(C)C)c1[c-]cccc1. The molecular formula is C12H17S-. The Kier molecular flexibility index (Phi) is 3.43. The maximum Gasteiger partial charge on any atom is 0.00803 e. The van der Waals surface area contributed by atoms with Gasteiger partial charge in [0.15, 0.2) is 0 Å². The molecule has 0 fully saturated rings. The molecule has 0 bridgehead atoms. The summed E-state index contributed by atoms with van der Waals surface area (Å²) in [6, 6.07) is 11.5. The largest absolute Gasteiger partial charge is 0.179 e. The van der Waals surface area contributed by atoms with Gasteiger partial charge in [-0.25, -0.2) is 0 Å². The summed E-state index contributed by atoms with van der Waals surface area (Å²) >= 11 is 1.98. The lowest BCUT2D eigenvalue weighted by Crippen LogP contribution is -2.09. The smallest absolute Gasteiger partial charge is 0.00803 e. The van der Waals surface area contributed by atoms with Crippen LogP contribution in [0.5, 0.6) is 0 Å².